The third kappa shape index (κ3) is 6.67. The summed E-state index contributed by atoms with van der Waals surface area (Å²) in [6.45, 7) is 2.62. The van der Waals surface area contributed by atoms with E-state index < -0.39 is 29.2 Å². The average Bonchev–Trinajstić information content (AvgIpc) is 3.31. The number of amides is 1. The number of halogens is 4. The van der Waals surface area contributed by atoms with Crippen molar-refractivity contribution in [2.45, 2.75) is 37.4 Å². The molecule has 1 saturated heterocycles. The van der Waals surface area contributed by atoms with Gasteiger partial charge in [0.2, 0.25) is 11.8 Å². The van der Waals surface area contributed by atoms with Gasteiger partial charge in [-0.25, -0.2) is 32.5 Å². The van der Waals surface area contributed by atoms with Crippen molar-refractivity contribution in [2.75, 3.05) is 32.1 Å². The minimum atomic E-state index is -2.90. The molecular formula is C25H27F4N7O2S. The first-order valence-corrected chi connectivity index (χ1v) is 12.9. The van der Waals surface area contributed by atoms with Gasteiger partial charge >= 0.3 is 0 Å². The van der Waals surface area contributed by atoms with Gasteiger partial charge in [-0.3, -0.25) is 9.79 Å². The normalized spacial score (nSPS) is 15.7. The van der Waals surface area contributed by atoms with Crippen LogP contribution in [0.3, 0.4) is 0 Å². The Hall–Kier alpha value is -3.68. The van der Waals surface area contributed by atoms with Crippen molar-refractivity contribution in [3.05, 3.63) is 47.8 Å². The molecule has 0 saturated carbocycles. The number of nitrogens with zero attached hydrogens (tertiary/aromatic N) is 5. The molecule has 1 aromatic carbocycles. The predicted molar refractivity (Wildman–Crippen MR) is 142 cm³/mol. The number of aliphatic imine (C=N–C) groups is 1. The number of anilines is 2. The molecule has 0 unspecified atom stereocenters. The van der Waals surface area contributed by atoms with Crippen LogP contribution in [-0.4, -0.2) is 68.8 Å². The van der Waals surface area contributed by atoms with E-state index in [1.165, 1.54) is 32.4 Å². The van der Waals surface area contributed by atoms with E-state index in [1.807, 2.05) is 0 Å². The summed E-state index contributed by atoms with van der Waals surface area (Å²) < 4.78 is 60.8. The number of rotatable bonds is 10. The average molecular weight is 566 g/mol. The van der Waals surface area contributed by atoms with Crippen molar-refractivity contribution < 1.29 is 27.1 Å². The van der Waals surface area contributed by atoms with Gasteiger partial charge in [0.1, 0.15) is 12.1 Å². The summed E-state index contributed by atoms with van der Waals surface area (Å²) in [5.41, 5.74) is 6.19. The minimum Gasteiger partial charge on any atom is -0.475 e. The predicted octanol–water partition coefficient (Wildman–Crippen LogP) is 4.29. The fraction of sp³-hybridized carbons (Fsp3) is 0.400. The Morgan fingerprint density at radius 2 is 2.13 bits per heavy atom. The highest BCUT2D eigenvalue weighted by Gasteiger charge is 2.38. The van der Waals surface area contributed by atoms with Gasteiger partial charge in [-0.1, -0.05) is 11.8 Å². The third-order valence-corrected chi connectivity index (χ3v) is 7.33. The van der Waals surface area contributed by atoms with Crippen LogP contribution in [0.15, 0.2) is 35.6 Å². The van der Waals surface area contributed by atoms with E-state index >= 15 is 0 Å². The molecule has 208 valence electrons. The number of carbonyl (C=O) groups excluding carboxylic acids is 1. The standard InChI is InChI=1S/C25H27F4N7O2S/c1-25(23(28)29,39-24(30)31-2)12-14-10-15(11-16(26)20(14)27)34-22-21-17(5-6-32-22)35-18(13-33-21)38-9-8-36-7-3-4-19(36)37/h5-6,10-11,13,23H,3-4,7-9,12H2,1-2H3,(H2,30,31)(H,32,34)/t25-/m1/s1. The number of benzene rings is 1. The number of hydrogen-bond acceptors (Lipinski definition) is 8. The first kappa shape index (κ1) is 28.3. The van der Waals surface area contributed by atoms with Crippen LogP contribution >= 0.6 is 11.8 Å². The Bertz CT molecular complexity index is 1390. The minimum absolute atomic E-state index is 0.0834. The molecule has 1 aliphatic rings. The number of hydrogen-bond donors (Lipinski definition) is 2. The van der Waals surface area contributed by atoms with Gasteiger partial charge < -0.3 is 20.7 Å². The molecule has 0 aliphatic carbocycles. The molecule has 2 aromatic heterocycles. The number of nitrogens with one attached hydrogen (secondary N) is 1. The number of thioether (sulfide) groups is 1. The summed E-state index contributed by atoms with van der Waals surface area (Å²) in [5.74, 6) is -1.91. The van der Waals surface area contributed by atoms with Gasteiger partial charge in [0.15, 0.2) is 22.6 Å². The van der Waals surface area contributed by atoms with E-state index in [9.17, 15) is 22.4 Å². The molecule has 3 N–H and O–H groups in total. The topological polar surface area (TPSA) is 119 Å². The molecule has 1 fully saturated rings. The molecule has 14 heteroatoms. The van der Waals surface area contributed by atoms with E-state index in [1.54, 1.807) is 11.0 Å². The molecule has 1 atom stereocenters. The highest BCUT2D eigenvalue weighted by atomic mass is 32.2. The van der Waals surface area contributed by atoms with Gasteiger partial charge in [-0.05, 0) is 37.5 Å². The van der Waals surface area contributed by atoms with Crippen LogP contribution in [0.25, 0.3) is 11.0 Å². The fourth-order valence-corrected chi connectivity index (χ4v) is 4.98. The van der Waals surface area contributed by atoms with E-state index in [0.29, 0.717) is 42.3 Å². The highest BCUT2D eigenvalue weighted by Crippen LogP contribution is 2.37. The Morgan fingerprint density at radius 3 is 2.82 bits per heavy atom. The second-order valence-electron chi connectivity index (χ2n) is 9.08. The molecule has 1 aliphatic heterocycles. The van der Waals surface area contributed by atoms with Crippen LogP contribution < -0.4 is 15.8 Å². The highest BCUT2D eigenvalue weighted by molar-refractivity contribution is 8.15. The largest absolute Gasteiger partial charge is 0.475 e. The number of amidine groups is 1. The SMILES string of the molecule is C/N=C(/N)S[C@](C)(Cc1cc(Nc2nccc3nc(OCCN4CCCC4=O)cnc23)cc(F)c1F)C(F)F. The van der Waals surface area contributed by atoms with E-state index in [0.717, 1.165) is 12.5 Å². The van der Waals surface area contributed by atoms with E-state index in [2.05, 4.69) is 25.3 Å². The lowest BCUT2D eigenvalue weighted by Crippen LogP contribution is -2.36. The van der Waals surface area contributed by atoms with Crippen LogP contribution in [-0.2, 0) is 11.2 Å². The maximum absolute atomic E-state index is 14.7. The number of nitrogens with two attached hydrogens (primary N) is 1. The number of likely N-dealkylation sites (tertiary alicyclic amines) is 1. The number of fused-ring (bicyclic) bond motifs is 1. The molecule has 0 bridgehead atoms. The summed E-state index contributed by atoms with van der Waals surface area (Å²) in [7, 11) is 1.35. The van der Waals surface area contributed by atoms with Crippen LogP contribution in [0.1, 0.15) is 25.3 Å². The van der Waals surface area contributed by atoms with Crippen LogP contribution in [0.5, 0.6) is 5.88 Å². The van der Waals surface area contributed by atoms with Crippen molar-refractivity contribution in [1.82, 2.24) is 19.9 Å². The lowest BCUT2D eigenvalue weighted by atomic mass is 9.99. The van der Waals surface area contributed by atoms with Crippen molar-refractivity contribution in [3.63, 3.8) is 0 Å². The second-order valence-corrected chi connectivity index (χ2v) is 10.6. The smallest absolute Gasteiger partial charge is 0.253 e. The Kier molecular flexibility index (Phi) is 8.73. The first-order valence-electron chi connectivity index (χ1n) is 12.1. The maximum atomic E-state index is 14.7. The summed E-state index contributed by atoms with van der Waals surface area (Å²) in [5, 5.41) is 2.78. The molecule has 39 heavy (non-hydrogen) atoms. The summed E-state index contributed by atoms with van der Waals surface area (Å²) >= 11 is 0.597. The monoisotopic (exact) mass is 565 g/mol. The fourth-order valence-electron chi connectivity index (χ4n) is 4.09. The quantitative estimate of drug-likeness (QED) is 0.212. The number of aromatic nitrogens is 3. The number of pyridine rings is 1. The van der Waals surface area contributed by atoms with Gasteiger partial charge in [0.05, 0.1) is 23.0 Å². The Labute approximate surface area is 226 Å². The zero-order chi connectivity index (χ0) is 28.2. The van der Waals surface area contributed by atoms with E-state index in [4.69, 9.17) is 10.5 Å². The molecule has 3 heterocycles. The van der Waals surface area contributed by atoms with E-state index in [-0.39, 0.29) is 40.6 Å². The number of carbonyl (C=O) groups is 1. The van der Waals surface area contributed by atoms with Gasteiger partial charge in [0, 0.05) is 38.0 Å². The van der Waals surface area contributed by atoms with Crippen LogP contribution in [0.4, 0.5) is 29.1 Å². The summed E-state index contributed by atoms with van der Waals surface area (Å²) in [6.07, 6.45) is 0.807. The molecule has 9 nitrogen and oxygen atoms in total. The van der Waals surface area contributed by atoms with Crippen molar-refractivity contribution in [2.24, 2.45) is 10.7 Å². The van der Waals surface area contributed by atoms with Crippen molar-refractivity contribution >= 4 is 45.4 Å². The lowest BCUT2D eigenvalue weighted by molar-refractivity contribution is -0.128. The van der Waals surface area contributed by atoms with Gasteiger partial charge in [-0.15, -0.1) is 0 Å². The van der Waals surface area contributed by atoms with Crippen molar-refractivity contribution in [1.29, 1.82) is 0 Å². The van der Waals surface area contributed by atoms with Gasteiger partial charge in [0.25, 0.3) is 6.43 Å². The number of alkyl halides is 2. The van der Waals surface area contributed by atoms with Gasteiger partial charge in [-0.2, -0.15) is 0 Å². The maximum Gasteiger partial charge on any atom is 0.253 e. The number of ether oxygens (including phenoxy) is 1. The molecule has 1 amide bonds. The zero-order valence-electron chi connectivity index (χ0n) is 21.3. The molecular weight excluding hydrogens is 538 g/mol. The second kappa shape index (κ2) is 12.0. The molecule has 0 radical (unpaired) electrons. The van der Waals surface area contributed by atoms with Crippen LogP contribution in [0, 0.1) is 11.6 Å². The Balaban J connectivity index is 1.53. The molecule has 3 aromatic rings. The first-order chi connectivity index (χ1) is 18.6. The summed E-state index contributed by atoms with van der Waals surface area (Å²) in [6, 6.07) is 3.74. The van der Waals surface area contributed by atoms with Crippen LogP contribution in [0.2, 0.25) is 0 Å². The molecule has 0 spiro atoms. The Morgan fingerprint density at radius 1 is 1.33 bits per heavy atom. The third-order valence-electron chi connectivity index (χ3n) is 6.15. The van der Waals surface area contributed by atoms with Crippen molar-refractivity contribution in [3.8, 4) is 5.88 Å². The summed E-state index contributed by atoms with van der Waals surface area (Å²) in [4.78, 5) is 30.1. The lowest BCUT2D eigenvalue weighted by Gasteiger charge is -2.28. The zero-order valence-corrected chi connectivity index (χ0v) is 22.1. The molecule has 4 rings (SSSR count).